The third-order valence-corrected chi connectivity index (χ3v) is 9.09. The number of aliphatic hydroxyl groups is 1. The predicted octanol–water partition coefficient (Wildman–Crippen LogP) is 2.16. The summed E-state index contributed by atoms with van der Waals surface area (Å²) in [4.78, 5) is 75.6. The van der Waals surface area contributed by atoms with Crippen LogP contribution in [0.1, 0.15) is 57.3 Å². The largest absolute Gasteiger partial charge is 0.387 e. The predicted molar refractivity (Wildman–Crippen MR) is 203 cm³/mol. The SMILES string of the molecule is CC(C)(C)C(c1cc(-c2cc(F)ccc2F)cn1Cc1ccccc1)N(CCC(N)CNC(=O)CCC(=O)NCCNC(=O)CN1C(=O)C=CC1=O)C(=O)CO. The number of amides is 6. The van der Waals surface area contributed by atoms with Crippen molar-refractivity contribution in [2.45, 2.75) is 58.7 Å². The Hall–Kier alpha value is -5.74. The molecule has 0 saturated heterocycles. The third-order valence-electron chi connectivity index (χ3n) is 9.09. The van der Waals surface area contributed by atoms with Gasteiger partial charge in [0.05, 0.1) is 6.04 Å². The van der Waals surface area contributed by atoms with Crippen molar-refractivity contribution in [1.29, 1.82) is 0 Å². The highest BCUT2D eigenvalue weighted by atomic mass is 19.1. The Kier molecular flexibility index (Phi) is 15.1. The van der Waals surface area contributed by atoms with Crippen LogP contribution in [0.5, 0.6) is 0 Å². The Morgan fingerprint density at radius 1 is 0.875 bits per heavy atom. The molecule has 56 heavy (non-hydrogen) atoms. The lowest BCUT2D eigenvalue weighted by molar-refractivity contribution is -0.141. The summed E-state index contributed by atoms with van der Waals surface area (Å²) in [6.45, 7) is 5.20. The Balaban J connectivity index is 1.34. The Morgan fingerprint density at radius 3 is 2.12 bits per heavy atom. The molecule has 4 rings (SSSR count). The van der Waals surface area contributed by atoms with Crippen molar-refractivity contribution in [1.82, 2.24) is 30.3 Å². The zero-order valence-electron chi connectivity index (χ0n) is 31.7. The Morgan fingerprint density at radius 2 is 1.50 bits per heavy atom. The van der Waals surface area contributed by atoms with E-state index in [9.17, 15) is 38.3 Å². The fourth-order valence-corrected chi connectivity index (χ4v) is 6.35. The fourth-order valence-electron chi connectivity index (χ4n) is 6.35. The van der Waals surface area contributed by atoms with Gasteiger partial charge in [0.2, 0.25) is 23.6 Å². The molecule has 2 aromatic carbocycles. The summed E-state index contributed by atoms with van der Waals surface area (Å²) in [5.74, 6) is -4.35. The Labute approximate surface area is 324 Å². The smallest absolute Gasteiger partial charge is 0.254 e. The maximum Gasteiger partial charge on any atom is 0.254 e. The zero-order chi connectivity index (χ0) is 41.0. The number of hydrogen-bond acceptors (Lipinski definition) is 8. The molecule has 6 N–H and O–H groups in total. The van der Waals surface area contributed by atoms with E-state index in [-0.39, 0.29) is 51.0 Å². The van der Waals surface area contributed by atoms with E-state index in [0.29, 0.717) is 17.8 Å². The number of carbonyl (C=O) groups is 6. The maximum absolute atomic E-state index is 15.0. The number of aliphatic hydroxyl groups excluding tert-OH is 1. The van der Waals surface area contributed by atoms with Gasteiger partial charge < -0.3 is 36.3 Å². The van der Waals surface area contributed by atoms with E-state index in [1.807, 2.05) is 55.7 Å². The van der Waals surface area contributed by atoms with Crippen molar-refractivity contribution in [3.63, 3.8) is 0 Å². The van der Waals surface area contributed by atoms with Crippen LogP contribution in [0, 0.1) is 17.0 Å². The molecule has 2 unspecified atom stereocenters. The van der Waals surface area contributed by atoms with Crippen molar-refractivity contribution >= 4 is 35.4 Å². The van der Waals surface area contributed by atoms with Gasteiger partial charge in [0, 0.05) is 86.8 Å². The number of nitrogens with two attached hydrogens (primary N) is 1. The molecule has 0 spiro atoms. The average Bonchev–Trinajstić information content (AvgIpc) is 3.71. The summed E-state index contributed by atoms with van der Waals surface area (Å²) in [6.07, 6.45) is 3.84. The van der Waals surface area contributed by atoms with Gasteiger partial charge in [-0.05, 0) is 41.7 Å². The van der Waals surface area contributed by atoms with Crippen LogP contribution in [-0.2, 0) is 35.3 Å². The minimum Gasteiger partial charge on any atom is -0.387 e. The molecule has 0 saturated carbocycles. The second-order valence-corrected chi connectivity index (χ2v) is 14.6. The monoisotopic (exact) mass is 777 g/mol. The van der Waals surface area contributed by atoms with Crippen LogP contribution in [-0.4, -0.2) is 100 Å². The summed E-state index contributed by atoms with van der Waals surface area (Å²) >= 11 is 0. The van der Waals surface area contributed by atoms with Crippen LogP contribution in [0.15, 0.2) is 72.9 Å². The topological polar surface area (TPSA) is 196 Å². The molecular formula is C40H49F2N7O7. The lowest BCUT2D eigenvalue weighted by Gasteiger charge is -2.41. The molecule has 6 amide bonds. The van der Waals surface area contributed by atoms with Gasteiger partial charge >= 0.3 is 0 Å². The van der Waals surface area contributed by atoms with Crippen LogP contribution >= 0.6 is 0 Å². The van der Waals surface area contributed by atoms with Crippen LogP contribution < -0.4 is 21.7 Å². The second kappa shape index (κ2) is 19.7. The molecule has 1 aromatic heterocycles. The highest BCUT2D eigenvalue weighted by Crippen LogP contribution is 2.41. The Bertz CT molecular complexity index is 1910. The first-order chi connectivity index (χ1) is 26.6. The van der Waals surface area contributed by atoms with Crippen LogP contribution in [0.2, 0.25) is 0 Å². The highest BCUT2D eigenvalue weighted by molar-refractivity contribution is 6.14. The van der Waals surface area contributed by atoms with Crippen LogP contribution in [0.4, 0.5) is 8.78 Å². The van der Waals surface area contributed by atoms with Crippen molar-refractivity contribution in [3.8, 4) is 11.1 Å². The zero-order valence-corrected chi connectivity index (χ0v) is 31.7. The number of nitrogens with zero attached hydrogens (tertiary/aromatic N) is 3. The second-order valence-electron chi connectivity index (χ2n) is 14.6. The number of imide groups is 1. The number of carbonyl (C=O) groups excluding carboxylic acids is 6. The van der Waals surface area contributed by atoms with Crippen LogP contribution in [0.25, 0.3) is 11.1 Å². The number of nitrogens with one attached hydrogen (secondary N) is 3. The van der Waals surface area contributed by atoms with E-state index in [1.54, 1.807) is 12.3 Å². The van der Waals surface area contributed by atoms with E-state index < -0.39 is 77.7 Å². The van der Waals surface area contributed by atoms with Gasteiger partial charge in [0.1, 0.15) is 24.8 Å². The van der Waals surface area contributed by atoms with Gasteiger partial charge in [-0.3, -0.25) is 33.7 Å². The van der Waals surface area contributed by atoms with Gasteiger partial charge in [-0.2, -0.15) is 0 Å². The molecule has 0 radical (unpaired) electrons. The van der Waals surface area contributed by atoms with E-state index in [4.69, 9.17) is 5.73 Å². The van der Waals surface area contributed by atoms with E-state index in [1.165, 1.54) is 4.90 Å². The number of rotatable bonds is 19. The molecule has 3 aromatic rings. The summed E-state index contributed by atoms with van der Waals surface area (Å²) in [7, 11) is 0. The molecule has 0 bridgehead atoms. The molecule has 1 aliphatic rings. The molecule has 2 atom stereocenters. The first kappa shape index (κ1) is 43.0. The first-order valence-corrected chi connectivity index (χ1v) is 18.3. The molecule has 0 fully saturated rings. The number of benzene rings is 2. The minimum atomic E-state index is -0.782. The lowest BCUT2D eigenvalue weighted by atomic mass is 9.82. The first-order valence-electron chi connectivity index (χ1n) is 18.3. The van der Waals surface area contributed by atoms with Gasteiger partial charge in [0.25, 0.3) is 11.8 Å². The molecular weight excluding hydrogens is 728 g/mol. The number of halogens is 2. The molecule has 1 aliphatic heterocycles. The molecule has 300 valence electrons. The van der Waals surface area contributed by atoms with E-state index in [0.717, 1.165) is 40.8 Å². The van der Waals surface area contributed by atoms with E-state index in [2.05, 4.69) is 16.0 Å². The fraction of sp³-hybridized carbons (Fsp3) is 0.400. The average molecular weight is 778 g/mol. The molecule has 14 nitrogen and oxygen atoms in total. The van der Waals surface area contributed by atoms with Gasteiger partial charge in [0.15, 0.2) is 0 Å². The maximum atomic E-state index is 15.0. The van der Waals surface area contributed by atoms with Gasteiger partial charge in [-0.25, -0.2) is 8.78 Å². The van der Waals surface area contributed by atoms with Crippen molar-refractivity contribution in [2.24, 2.45) is 11.1 Å². The standard InChI is InChI=1S/C40H49F2N7O7/c1-40(2,3)39(32-19-27(30-20-28(41)9-10-31(30)42)23-47(32)22-26-7-5-4-6-8-26)48(38(56)25-50)18-15-29(43)21-46-34(52)12-11-33(51)44-16-17-45-35(53)24-49-36(54)13-14-37(49)55/h4-10,13-14,19-20,23,29,39,50H,11-12,15-18,21-22,24-25,43H2,1-3H3,(H,44,51)(H,45,53)(H,46,52). The number of hydrogen-bond donors (Lipinski definition) is 5. The van der Waals surface area contributed by atoms with Crippen molar-refractivity contribution in [3.05, 3.63) is 95.8 Å². The summed E-state index contributed by atoms with van der Waals surface area (Å²) < 4.78 is 31.2. The molecule has 16 heteroatoms. The summed E-state index contributed by atoms with van der Waals surface area (Å²) in [6, 6.07) is 13.2. The van der Waals surface area contributed by atoms with Crippen molar-refractivity contribution < 1.29 is 42.7 Å². The normalized spacial score (nSPS) is 13.7. The highest BCUT2D eigenvalue weighted by Gasteiger charge is 2.37. The number of aromatic nitrogens is 1. The lowest BCUT2D eigenvalue weighted by Crippen LogP contribution is -2.46. The summed E-state index contributed by atoms with van der Waals surface area (Å²) in [5, 5.41) is 17.8. The summed E-state index contributed by atoms with van der Waals surface area (Å²) in [5.41, 5.74) is 7.81. The molecule has 0 aliphatic carbocycles. The van der Waals surface area contributed by atoms with Crippen LogP contribution in [0.3, 0.4) is 0 Å². The van der Waals surface area contributed by atoms with Crippen molar-refractivity contribution in [2.75, 3.05) is 39.3 Å². The quantitative estimate of drug-likeness (QED) is 0.0902. The minimum absolute atomic E-state index is 0.0404. The van der Waals surface area contributed by atoms with Gasteiger partial charge in [-0.1, -0.05) is 51.1 Å². The third kappa shape index (κ3) is 12.1. The molecule has 2 heterocycles. The van der Waals surface area contributed by atoms with Gasteiger partial charge in [-0.15, -0.1) is 0 Å². The van der Waals surface area contributed by atoms with E-state index >= 15 is 4.39 Å².